The van der Waals surface area contributed by atoms with Crippen molar-refractivity contribution in [2.75, 3.05) is 43.5 Å². The zero-order valence-electron chi connectivity index (χ0n) is 19.1. The molecule has 9 heteroatoms. The fourth-order valence-corrected chi connectivity index (χ4v) is 3.97. The van der Waals surface area contributed by atoms with Gasteiger partial charge in [0.1, 0.15) is 11.6 Å². The van der Waals surface area contributed by atoms with Gasteiger partial charge < -0.3 is 19.9 Å². The maximum Gasteiger partial charge on any atom is 0.254 e. The largest absolute Gasteiger partial charge is 0.497 e. The van der Waals surface area contributed by atoms with E-state index in [0.29, 0.717) is 37.7 Å². The molecule has 1 amide bonds. The summed E-state index contributed by atoms with van der Waals surface area (Å²) in [5.41, 5.74) is 3.91. The van der Waals surface area contributed by atoms with E-state index >= 15 is 0 Å². The van der Waals surface area contributed by atoms with Crippen LogP contribution in [0.2, 0.25) is 0 Å². The predicted octanol–water partition coefficient (Wildman–Crippen LogP) is 3.44. The average Bonchev–Trinajstić information content (AvgIpc) is 2.88. The fraction of sp³-hybridized carbons (Fsp3) is 0.240. The maximum atomic E-state index is 13.1. The van der Waals surface area contributed by atoms with E-state index in [0.717, 1.165) is 34.0 Å². The summed E-state index contributed by atoms with van der Waals surface area (Å²) >= 11 is 0. The van der Waals surface area contributed by atoms with Crippen LogP contribution in [0.25, 0.3) is 11.0 Å². The molecule has 0 bridgehead atoms. The lowest BCUT2D eigenvalue weighted by atomic mass is 10.1. The van der Waals surface area contributed by atoms with Crippen LogP contribution in [-0.2, 0) is 0 Å². The third-order valence-corrected chi connectivity index (χ3v) is 5.77. The van der Waals surface area contributed by atoms with E-state index in [4.69, 9.17) is 9.72 Å². The number of anilines is 3. The van der Waals surface area contributed by atoms with Crippen molar-refractivity contribution >= 4 is 34.4 Å². The Morgan fingerprint density at radius 3 is 2.38 bits per heavy atom. The van der Waals surface area contributed by atoms with Gasteiger partial charge in [0.05, 0.1) is 18.1 Å². The Kier molecular flexibility index (Phi) is 5.90. The molecule has 3 heterocycles. The number of rotatable bonds is 5. The van der Waals surface area contributed by atoms with Crippen molar-refractivity contribution < 1.29 is 9.53 Å². The number of fused-ring (bicyclic) bond motifs is 1. The first-order chi connectivity index (χ1) is 16.6. The van der Waals surface area contributed by atoms with Gasteiger partial charge in [-0.1, -0.05) is 0 Å². The minimum atomic E-state index is -0.000718. The van der Waals surface area contributed by atoms with Crippen LogP contribution < -0.4 is 15.0 Å². The van der Waals surface area contributed by atoms with E-state index in [-0.39, 0.29) is 5.91 Å². The lowest BCUT2D eigenvalue weighted by Gasteiger charge is -2.35. The van der Waals surface area contributed by atoms with Crippen molar-refractivity contribution in [3.8, 4) is 5.75 Å². The minimum Gasteiger partial charge on any atom is -0.497 e. The Morgan fingerprint density at radius 1 is 0.912 bits per heavy atom. The third-order valence-electron chi connectivity index (χ3n) is 5.77. The SMILES string of the molecule is COc1ccc(Nc2cc(C)nc(N3CCN(C(=O)c4ccc5nccnc5c4)CC3)n2)cc1. The van der Waals surface area contributed by atoms with Crippen molar-refractivity contribution in [2.45, 2.75) is 6.92 Å². The number of benzene rings is 2. The Balaban J connectivity index is 1.26. The van der Waals surface area contributed by atoms with Gasteiger partial charge in [0, 0.05) is 61.6 Å². The number of carbonyl (C=O) groups excluding carboxylic acids is 1. The van der Waals surface area contributed by atoms with Crippen molar-refractivity contribution in [3.63, 3.8) is 0 Å². The van der Waals surface area contributed by atoms with Gasteiger partial charge in [-0.15, -0.1) is 0 Å². The number of ether oxygens (including phenoxy) is 1. The van der Waals surface area contributed by atoms with Crippen LogP contribution in [0.1, 0.15) is 16.1 Å². The van der Waals surface area contributed by atoms with Gasteiger partial charge in [-0.25, -0.2) is 4.98 Å². The smallest absolute Gasteiger partial charge is 0.254 e. The first-order valence-corrected chi connectivity index (χ1v) is 11.1. The molecule has 1 fully saturated rings. The zero-order valence-corrected chi connectivity index (χ0v) is 19.1. The number of hydrogen-bond acceptors (Lipinski definition) is 8. The number of amides is 1. The molecule has 2 aromatic heterocycles. The Labute approximate surface area is 197 Å². The Hall–Kier alpha value is -4.27. The summed E-state index contributed by atoms with van der Waals surface area (Å²) in [5.74, 6) is 2.18. The molecule has 1 saturated heterocycles. The second-order valence-electron chi connectivity index (χ2n) is 8.09. The molecule has 0 spiro atoms. The number of piperazine rings is 1. The highest BCUT2D eigenvalue weighted by Crippen LogP contribution is 2.22. The number of hydrogen-bond donors (Lipinski definition) is 1. The molecule has 1 aliphatic rings. The van der Waals surface area contributed by atoms with Crippen LogP contribution >= 0.6 is 0 Å². The van der Waals surface area contributed by atoms with E-state index in [9.17, 15) is 4.79 Å². The highest BCUT2D eigenvalue weighted by Gasteiger charge is 2.24. The normalized spacial score (nSPS) is 13.7. The molecule has 2 aromatic carbocycles. The molecular weight excluding hydrogens is 430 g/mol. The summed E-state index contributed by atoms with van der Waals surface area (Å²) in [6.45, 7) is 4.45. The van der Waals surface area contributed by atoms with Crippen LogP contribution in [0.5, 0.6) is 5.75 Å². The molecule has 0 radical (unpaired) electrons. The molecule has 4 aromatic rings. The van der Waals surface area contributed by atoms with E-state index in [1.54, 1.807) is 25.6 Å². The van der Waals surface area contributed by atoms with E-state index < -0.39 is 0 Å². The summed E-state index contributed by atoms with van der Waals surface area (Å²) in [6, 6.07) is 15.0. The van der Waals surface area contributed by atoms with Crippen molar-refractivity contribution in [2.24, 2.45) is 0 Å². The molecule has 172 valence electrons. The third kappa shape index (κ3) is 4.59. The van der Waals surface area contributed by atoms with Crippen LogP contribution in [0, 0.1) is 6.92 Å². The highest BCUT2D eigenvalue weighted by molar-refractivity contribution is 5.97. The summed E-state index contributed by atoms with van der Waals surface area (Å²) in [7, 11) is 1.65. The molecule has 5 rings (SSSR count). The van der Waals surface area contributed by atoms with Crippen molar-refractivity contribution in [3.05, 3.63) is 72.2 Å². The van der Waals surface area contributed by atoms with Gasteiger partial charge in [0.2, 0.25) is 5.95 Å². The number of nitrogens with zero attached hydrogens (tertiary/aromatic N) is 6. The first-order valence-electron chi connectivity index (χ1n) is 11.1. The summed E-state index contributed by atoms with van der Waals surface area (Å²) in [6.07, 6.45) is 3.28. The monoisotopic (exact) mass is 455 g/mol. The molecule has 1 aliphatic heterocycles. The van der Waals surface area contributed by atoms with Crippen molar-refractivity contribution in [1.29, 1.82) is 0 Å². The van der Waals surface area contributed by atoms with Gasteiger partial charge >= 0.3 is 0 Å². The highest BCUT2D eigenvalue weighted by atomic mass is 16.5. The van der Waals surface area contributed by atoms with Crippen LogP contribution in [0.15, 0.2) is 60.9 Å². The number of carbonyl (C=O) groups is 1. The number of aromatic nitrogens is 4. The first kappa shape index (κ1) is 21.6. The van der Waals surface area contributed by atoms with E-state index in [1.807, 2.05) is 54.3 Å². The standard InChI is InChI=1S/C25H25N7O2/c1-17-15-23(29-19-4-6-20(34-2)7-5-19)30-25(28-17)32-13-11-31(12-14-32)24(33)18-3-8-21-22(16-18)27-10-9-26-21/h3-10,15-16H,11-14H2,1-2H3,(H,28,29,30). The molecule has 0 aliphatic carbocycles. The molecular formula is C25H25N7O2. The maximum absolute atomic E-state index is 13.1. The summed E-state index contributed by atoms with van der Waals surface area (Å²) in [5, 5.41) is 3.33. The van der Waals surface area contributed by atoms with Gasteiger partial charge in [-0.2, -0.15) is 4.98 Å². The topological polar surface area (TPSA) is 96.4 Å². The quantitative estimate of drug-likeness (QED) is 0.489. The van der Waals surface area contributed by atoms with Gasteiger partial charge in [0.25, 0.3) is 5.91 Å². The number of aryl methyl sites for hydroxylation is 1. The number of nitrogens with one attached hydrogen (secondary N) is 1. The fourth-order valence-electron chi connectivity index (χ4n) is 3.97. The zero-order chi connectivity index (χ0) is 23.5. The van der Waals surface area contributed by atoms with Crippen LogP contribution in [-0.4, -0.2) is 64.0 Å². The molecule has 1 N–H and O–H groups in total. The van der Waals surface area contributed by atoms with Gasteiger partial charge in [-0.3, -0.25) is 14.8 Å². The van der Waals surface area contributed by atoms with Crippen molar-refractivity contribution in [1.82, 2.24) is 24.8 Å². The second kappa shape index (κ2) is 9.30. The van der Waals surface area contributed by atoms with Gasteiger partial charge in [0.15, 0.2) is 0 Å². The summed E-state index contributed by atoms with van der Waals surface area (Å²) < 4.78 is 5.22. The minimum absolute atomic E-state index is 0.000718. The average molecular weight is 456 g/mol. The lowest BCUT2D eigenvalue weighted by Crippen LogP contribution is -2.49. The molecule has 34 heavy (non-hydrogen) atoms. The molecule has 0 atom stereocenters. The molecule has 0 saturated carbocycles. The summed E-state index contributed by atoms with van der Waals surface area (Å²) in [4.78, 5) is 34.9. The second-order valence-corrected chi connectivity index (χ2v) is 8.09. The van der Waals surface area contributed by atoms with E-state index in [1.165, 1.54) is 0 Å². The van der Waals surface area contributed by atoms with Crippen LogP contribution in [0.3, 0.4) is 0 Å². The van der Waals surface area contributed by atoms with Gasteiger partial charge in [-0.05, 0) is 49.4 Å². The Morgan fingerprint density at radius 2 is 1.65 bits per heavy atom. The van der Waals surface area contributed by atoms with Crippen LogP contribution in [0.4, 0.5) is 17.5 Å². The Bertz CT molecular complexity index is 1320. The predicted molar refractivity (Wildman–Crippen MR) is 131 cm³/mol. The number of methoxy groups -OCH3 is 1. The molecule has 0 unspecified atom stereocenters. The lowest BCUT2D eigenvalue weighted by molar-refractivity contribution is 0.0746. The molecule has 9 nitrogen and oxygen atoms in total. The van der Waals surface area contributed by atoms with E-state index in [2.05, 4.69) is 25.2 Å².